The minimum Gasteiger partial charge on any atom is -0.384 e. The van der Waals surface area contributed by atoms with Gasteiger partial charge >= 0.3 is 0 Å². The van der Waals surface area contributed by atoms with Crippen LogP contribution in [0.2, 0.25) is 0 Å². The van der Waals surface area contributed by atoms with Gasteiger partial charge < -0.3 is 9.84 Å². The molecule has 3 rings (SSSR count). The number of thiophene rings is 1. The van der Waals surface area contributed by atoms with Crippen LogP contribution in [-0.2, 0) is 15.8 Å². The van der Waals surface area contributed by atoms with Crippen molar-refractivity contribution in [1.29, 1.82) is 0 Å². The minimum atomic E-state index is -0.697. The maximum atomic E-state index is 10.8. The standard InChI is InChI=1S/C19H24O2S2/c1-18(2,3)14-4-6-15(7-5-14)22-17-9-8-16(23-17)19(20)10-12-21-13-11-19/h4-9,20H,10-13H2,1-3H3. The maximum absolute atomic E-state index is 10.8. The summed E-state index contributed by atoms with van der Waals surface area (Å²) in [4.78, 5) is 2.31. The second-order valence-electron chi connectivity index (χ2n) is 7.14. The Labute approximate surface area is 146 Å². The highest BCUT2D eigenvalue weighted by Gasteiger charge is 2.33. The van der Waals surface area contributed by atoms with E-state index in [9.17, 15) is 5.11 Å². The van der Waals surface area contributed by atoms with Crippen LogP contribution in [0, 0.1) is 0 Å². The predicted molar refractivity (Wildman–Crippen MR) is 97.5 cm³/mol. The lowest BCUT2D eigenvalue weighted by molar-refractivity contribution is -0.0656. The van der Waals surface area contributed by atoms with E-state index in [-0.39, 0.29) is 5.41 Å². The van der Waals surface area contributed by atoms with Crippen molar-refractivity contribution in [2.24, 2.45) is 0 Å². The average molecular weight is 349 g/mol. The molecule has 1 aliphatic rings. The van der Waals surface area contributed by atoms with Crippen molar-refractivity contribution in [3.63, 3.8) is 0 Å². The zero-order chi connectivity index (χ0) is 16.5. The second kappa shape index (κ2) is 6.60. The molecule has 0 spiro atoms. The van der Waals surface area contributed by atoms with Gasteiger partial charge in [0.1, 0.15) is 5.60 Å². The van der Waals surface area contributed by atoms with Gasteiger partial charge in [-0.15, -0.1) is 11.3 Å². The van der Waals surface area contributed by atoms with Crippen LogP contribution in [0.1, 0.15) is 44.1 Å². The number of rotatable bonds is 3. The molecule has 1 fully saturated rings. The number of hydrogen-bond donors (Lipinski definition) is 1. The lowest BCUT2D eigenvalue weighted by Crippen LogP contribution is -2.32. The van der Waals surface area contributed by atoms with Crippen LogP contribution >= 0.6 is 23.1 Å². The Morgan fingerprint density at radius 1 is 1.04 bits per heavy atom. The van der Waals surface area contributed by atoms with Crippen LogP contribution in [0.5, 0.6) is 0 Å². The molecule has 0 saturated carbocycles. The van der Waals surface area contributed by atoms with E-state index in [1.54, 1.807) is 23.1 Å². The van der Waals surface area contributed by atoms with Gasteiger partial charge in [-0.05, 0) is 35.2 Å². The van der Waals surface area contributed by atoms with Crippen LogP contribution in [0.25, 0.3) is 0 Å². The summed E-state index contributed by atoms with van der Waals surface area (Å²) in [6, 6.07) is 13.0. The smallest absolute Gasteiger partial charge is 0.103 e. The average Bonchev–Trinajstić information content (AvgIpc) is 2.97. The molecule has 2 nitrogen and oxygen atoms in total. The van der Waals surface area contributed by atoms with Gasteiger partial charge in [-0.2, -0.15) is 0 Å². The van der Waals surface area contributed by atoms with Crippen molar-refractivity contribution in [3.8, 4) is 0 Å². The Hall–Kier alpha value is -0.810. The van der Waals surface area contributed by atoms with Gasteiger partial charge in [-0.3, -0.25) is 0 Å². The molecule has 0 unspecified atom stereocenters. The largest absolute Gasteiger partial charge is 0.384 e. The molecule has 2 aromatic rings. The second-order valence-corrected chi connectivity index (χ2v) is 9.60. The Morgan fingerprint density at radius 2 is 1.70 bits per heavy atom. The summed E-state index contributed by atoms with van der Waals surface area (Å²) in [6.07, 6.45) is 1.38. The summed E-state index contributed by atoms with van der Waals surface area (Å²) < 4.78 is 6.59. The van der Waals surface area contributed by atoms with E-state index in [0.717, 1.165) is 4.88 Å². The molecule has 2 heterocycles. The number of benzene rings is 1. The summed E-state index contributed by atoms with van der Waals surface area (Å²) in [7, 11) is 0. The molecule has 4 heteroatoms. The SMILES string of the molecule is CC(C)(C)c1ccc(Sc2ccc(C3(O)CCOCC3)s2)cc1. The highest BCUT2D eigenvalue weighted by atomic mass is 32.2. The monoisotopic (exact) mass is 348 g/mol. The first-order chi connectivity index (χ1) is 10.9. The highest BCUT2D eigenvalue weighted by molar-refractivity contribution is 8.01. The van der Waals surface area contributed by atoms with Gasteiger partial charge in [0.15, 0.2) is 0 Å². The van der Waals surface area contributed by atoms with E-state index < -0.39 is 5.60 Å². The van der Waals surface area contributed by atoms with E-state index in [1.165, 1.54) is 14.7 Å². The zero-order valence-corrected chi connectivity index (χ0v) is 15.6. The van der Waals surface area contributed by atoms with Gasteiger partial charge in [-0.25, -0.2) is 0 Å². The molecule has 0 bridgehead atoms. The zero-order valence-electron chi connectivity index (χ0n) is 14.0. The summed E-state index contributed by atoms with van der Waals surface area (Å²) >= 11 is 3.47. The fourth-order valence-corrected chi connectivity index (χ4v) is 4.97. The number of aliphatic hydroxyl groups is 1. The minimum absolute atomic E-state index is 0.186. The molecular weight excluding hydrogens is 324 g/mol. The maximum Gasteiger partial charge on any atom is 0.103 e. The summed E-state index contributed by atoms with van der Waals surface area (Å²) in [5, 5.41) is 10.8. The quantitative estimate of drug-likeness (QED) is 0.827. The first-order valence-electron chi connectivity index (χ1n) is 8.06. The third kappa shape index (κ3) is 4.00. The van der Waals surface area contributed by atoms with E-state index in [0.29, 0.717) is 26.1 Å². The van der Waals surface area contributed by atoms with E-state index in [1.807, 2.05) is 0 Å². The van der Waals surface area contributed by atoms with Crippen LogP contribution in [0.15, 0.2) is 45.5 Å². The first-order valence-corrected chi connectivity index (χ1v) is 9.69. The summed E-state index contributed by atoms with van der Waals surface area (Å²) in [5.41, 5.74) is 0.842. The Morgan fingerprint density at radius 3 is 2.30 bits per heavy atom. The van der Waals surface area contributed by atoms with Crippen molar-refractivity contribution < 1.29 is 9.84 Å². The van der Waals surface area contributed by atoms with E-state index in [2.05, 4.69) is 57.2 Å². The van der Waals surface area contributed by atoms with Crippen molar-refractivity contribution in [2.45, 2.75) is 53.7 Å². The molecule has 124 valence electrons. The van der Waals surface area contributed by atoms with Gasteiger partial charge in [0, 0.05) is 35.8 Å². The fraction of sp³-hybridized carbons (Fsp3) is 0.474. The lowest BCUT2D eigenvalue weighted by atomic mass is 9.87. The molecular formula is C19H24O2S2. The molecule has 1 saturated heterocycles. The summed E-state index contributed by atoms with van der Waals surface area (Å²) in [5.74, 6) is 0. The van der Waals surface area contributed by atoms with Crippen molar-refractivity contribution in [2.75, 3.05) is 13.2 Å². The molecule has 1 aromatic heterocycles. The molecule has 1 aliphatic heterocycles. The van der Waals surface area contributed by atoms with Gasteiger partial charge in [0.2, 0.25) is 0 Å². The number of ether oxygens (including phenoxy) is 1. The lowest BCUT2D eigenvalue weighted by Gasteiger charge is -2.30. The molecule has 23 heavy (non-hydrogen) atoms. The van der Waals surface area contributed by atoms with Crippen LogP contribution in [0.4, 0.5) is 0 Å². The van der Waals surface area contributed by atoms with Crippen LogP contribution in [-0.4, -0.2) is 18.3 Å². The number of hydrogen-bond acceptors (Lipinski definition) is 4. The summed E-state index contributed by atoms with van der Waals surface area (Å²) in [6.45, 7) is 7.98. The third-order valence-electron chi connectivity index (χ3n) is 4.30. The van der Waals surface area contributed by atoms with Crippen LogP contribution < -0.4 is 0 Å². The topological polar surface area (TPSA) is 29.5 Å². The molecule has 1 N–H and O–H groups in total. The van der Waals surface area contributed by atoms with Crippen molar-refractivity contribution in [3.05, 3.63) is 46.8 Å². The highest BCUT2D eigenvalue weighted by Crippen LogP contribution is 2.41. The van der Waals surface area contributed by atoms with E-state index >= 15 is 0 Å². The van der Waals surface area contributed by atoms with Gasteiger partial charge in [0.25, 0.3) is 0 Å². The van der Waals surface area contributed by atoms with Crippen molar-refractivity contribution >= 4 is 23.1 Å². The molecule has 0 amide bonds. The van der Waals surface area contributed by atoms with Crippen LogP contribution in [0.3, 0.4) is 0 Å². The molecule has 0 radical (unpaired) electrons. The van der Waals surface area contributed by atoms with E-state index in [4.69, 9.17) is 4.74 Å². The van der Waals surface area contributed by atoms with Gasteiger partial charge in [-0.1, -0.05) is 44.7 Å². The normalized spacial score (nSPS) is 18.1. The van der Waals surface area contributed by atoms with Crippen molar-refractivity contribution in [1.82, 2.24) is 0 Å². The first kappa shape index (κ1) is 17.0. The molecule has 1 aromatic carbocycles. The molecule has 0 atom stereocenters. The Kier molecular flexibility index (Phi) is 4.88. The fourth-order valence-electron chi connectivity index (χ4n) is 2.72. The Bertz CT molecular complexity index is 647. The third-order valence-corrected chi connectivity index (χ3v) is 6.72. The van der Waals surface area contributed by atoms with Gasteiger partial charge in [0.05, 0.1) is 4.21 Å². The Balaban J connectivity index is 1.72. The molecule has 0 aliphatic carbocycles. The predicted octanol–water partition coefficient (Wildman–Crippen LogP) is 5.19.